The lowest BCUT2D eigenvalue weighted by atomic mass is 10.0. The van der Waals surface area contributed by atoms with E-state index in [1.54, 1.807) is 12.1 Å². The highest BCUT2D eigenvalue weighted by Crippen LogP contribution is 2.38. The van der Waals surface area contributed by atoms with Crippen LogP contribution in [-0.4, -0.2) is 0 Å². The first-order chi connectivity index (χ1) is 45.2. The summed E-state index contributed by atoms with van der Waals surface area (Å²) in [5.74, 6) is 0.567. The topological polar surface area (TPSA) is 0 Å². The van der Waals surface area contributed by atoms with Crippen molar-refractivity contribution in [3.05, 3.63) is 342 Å². The third kappa shape index (κ3) is 22.1. The van der Waals surface area contributed by atoms with Crippen LogP contribution in [0.5, 0.6) is 0 Å². The Morgan fingerprint density at radius 2 is 0.553 bits per heavy atom. The van der Waals surface area contributed by atoms with Crippen molar-refractivity contribution in [2.45, 2.75) is 105 Å². The van der Waals surface area contributed by atoms with Crippen LogP contribution in [0.15, 0.2) is 350 Å². The van der Waals surface area contributed by atoms with E-state index in [2.05, 4.69) is 439 Å². The number of hydrogen-bond donors (Lipinski definition) is 0. The van der Waals surface area contributed by atoms with Gasteiger partial charge in [-0.05, 0) is 442 Å². The zero-order valence-corrected chi connectivity index (χ0v) is 71.8. The Morgan fingerprint density at radius 3 is 0.840 bits per heavy atom. The van der Waals surface area contributed by atoms with Gasteiger partial charge in [0.2, 0.25) is 0 Å². The molecule has 0 heterocycles. The molecule has 12 rings (SSSR count). The summed E-state index contributed by atoms with van der Waals surface area (Å²) in [6, 6.07) is 102. The van der Waals surface area contributed by atoms with Gasteiger partial charge < -0.3 is 0 Å². The van der Waals surface area contributed by atoms with Crippen molar-refractivity contribution in [3.8, 4) is 0 Å². The molecule has 0 aliphatic heterocycles. The van der Waals surface area contributed by atoms with Crippen LogP contribution >= 0.6 is 181 Å². The highest BCUT2D eigenvalue weighted by molar-refractivity contribution is 14.1. The van der Waals surface area contributed by atoms with Gasteiger partial charge in [-0.15, -0.1) is 0 Å². The van der Waals surface area contributed by atoms with E-state index in [0.717, 1.165) is 40.4 Å². The second-order valence-electron chi connectivity index (χ2n) is 21.4. The Hall–Kier alpha value is -2.33. The molecule has 0 nitrogen and oxygen atoms in total. The van der Waals surface area contributed by atoms with Crippen LogP contribution in [-0.2, 0) is 56.2 Å². The third-order valence-electron chi connectivity index (χ3n) is 14.4. The third-order valence-corrected chi connectivity index (χ3v) is 30.5. The molecule has 0 bridgehead atoms. The van der Waals surface area contributed by atoms with E-state index in [-0.39, 0.29) is 32.7 Å². The molecule has 0 fully saturated rings. The lowest BCUT2D eigenvalue weighted by molar-refractivity contribution is -0.137. The molecule has 0 saturated heterocycles. The summed E-state index contributed by atoms with van der Waals surface area (Å²) in [7, 11) is -0.597. The Balaban J connectivity index is 0.000000148. The van der Waals surface area contributed by atoms with Crippen molar-refractivity contribution in [1.82, 2.24) is 0 Å². The quantitative estimate of drug-likeness (QED) is 0.0752. The average Bonchev–Trinajstić information content (AvgIpc) is 0.855. The Labute approximate surface area is 674 Å². The van der Waals surface area contributed by atoms with E-state index >= 15 is 0 Å². The molecule has 94 heavy (non-hydrogen) atoms. The van der Waals surface area contributed by atoms with Crippen molar-refractivity contribution in [3.63, 3.8) is 0 Å². The van der Waals surface area contributed by atoms with Crippen LogP contribution in [0.3, 0.4) is 0 Å². The van der Waals surface area contributed by atoms with Gasteiger partial charge in [0.1, 0.15) is 0 Å². The van der Waals surface area contributed by atoms with E-state index in [9.17, 15) is 13.2 Å². The highest BCUT2D eigenvalue weighted by atomic mass is 127. The van der Waals surface area contributed by atoms with Gasteiger partial charge in [0.05, 0.1) is 49.1 Å². The fraction of sp³-hybridized carbons (Fsp3) is 0.0886. The average molecular weight is 2210 g/mol. The summed E-state index contributed by atoms with van der Waals surface area (Å²) >= 11 is 18.7. The number of alkyl halides is 3. The van der Waals surface area contributed by atoms with Crippen molar-refractivity contribution < 1.29 is 13.2 Å². The summed E-state index contributed by atoms with van der Waals surface area (Å²) in [6.45, 7) is 8.82. The molecule has 12 aromatic carbocycles. The maximum atomic E-state index is 12.9. The molecular weight excluding hydrogens is 2150 g/mol. The Kier molecular flexibility index (Phi) is 30.2. The molecule has 0 spiro atoms. The minimum atomic E-state index is -4.32. The van der Waals surface area contributed by atoms with Gasteiger partial charge in [0.15, 0.2) is 58.7 Å². The zero-order chi connectivity index (χ0) is 66.9. The molecule has 0 aromatic heterocycles. The molecule has 1 atom stereocenters. The molecule has 12 aromatic rings. The van der Waals surface area contributed by atoms with Crippen LogP contribution in [0.2, 0.25) is 0 Å². The number of halogens is 11. The summed E-state index contributed by atoms with van der Waals surface area (Å²) in [6.07, 6.45) is -3.23. The normalized spacial score (nSPS) is 11.5. The van der Waals surface area contributed by atoms with Gasteiger partial charge >= 0.3 is 6.18 Å². The first-order valence-corrected chi connectivity index (χ1v) is 43.2. The lowest BCUT2D eigenvalue weighted by Crippen LogP contribution is -2.08. The maximum Gasteiger partial charge on any atom is 0.416 e. The van der Waals surface area contributed by atoms with Gasteiger partial charge in [-0.25, -0.2) is 0 Å². The van der Waals surface area contributed by atoms with E-state index in [4.69, 9.17) is 0 Å². The minimum absolute atomic E-state index is 0.0461. The van der Waals surface area contributed by atoms with Crippen molar-refractivity contribution in [2.24, 2.45) is 0 Å². The first kappa shape index (κ1) is 75.9. The summed E-state index contributed by atoms with van der Waals surface area (Å²) in [4.78, 5) is 15.4. The fourth-order valence-corrected chi connectivity index (χ4v) is 21.0. The molecular formula is C79H63F3I8S4+4. The first-order valence-electron chi connectivity index (χ1n) is 29.6. The summed E-state index contributed by atoms with van der Waals surface area (Å²) in [5.41, 5.74) is 3.47. The second-order valence-corrected chi connectivity index (χ2v) is 39.3. The number of rotatable bonds is 14. The highest BCUT2D eigenvalue weighted by Gasteiger charge is 2.35. The van der Waals surface area contributed by atoms with Crippen molar-refractivity contribution in [2.75, 3.05) is 0 Å². The Morgan fingerprint density at radius 1 is 0.298 bits per heavy atom. The van der Waals surface area contributed by atoms with Gasteiger partial charge in [0.25, 0.3) is 0 Å². The molecule has 0 aliphatic rings. The standard InChI is InChI=1S/C21H19I2S.C20H17I2S.C19H12F3I2S.C19H15I2S/c1-15(2)16-3-9-19(10-4-16)24(20-11-5-17(22)6-12-20)21-13-7-18(23)8-14-21;1-2-15-3-9-18(10-4-15)23(19-11-5-16(21)6-12-19)20-13-7-17(22)8-14-20;20-19(21,22)13-6-8-15(9-7-13)25(14-4-2-1-3-5-14)16-10-11-17(23)18(24)12-16;1-14-2-8-17(9-3-14)22(18-10-4-15(20)5-11-18)19-12-6-16(21)7-13-19/h3-15H,1-2H3;3-14H,2H2,1H3;1-12H;2-13H,1H3/q4*+1. The van der Waals surface area contributed by atoms with Gasteiger partial charge in [0, 0.05) is 34.6 Å². The molecule has 476 valence electrons. The fourth-order valence-electron chi connectivity index (χ4n) is 9.52. The summed E-state index contributed by atoms with van der Waals surface area (Å²) < 4.78 is 48.5. The maximum absolute atomic E-state index is 12.9. The number of benzene rings is 12. The minimum Gasteiger partial charge on any atom is -0.166 e. The monoisotopic (exact) mass is 2210 g/mol. The summed E-state index contributed by atoms with van der Waals surface area (Å²) in [5, 5.41) is 0. The molecule has 0 saturated carbocycles. The SMILES string of the molecule is CC(C)c1ccc([S+](c2ccc(I)cc2)c2ccc(I)cc2)cc1.CCc1ccc([S+](c2ccc(I)cc2)c2ccc(I)cc2)cc1.Cc1ccc([S+](c2ccc(I)cc2)c2ccc(I)cc2)cc1.FC(F)(F)c1ccc([S+](c2ccccc2)c2ccc(I)c(I)c2)cc1. The van der Waals surface area contributed by atoms with Crippen LogP contribution in [0.1, 0.15) is 48.9 Å². The van der Waals surface area contributed by atoms with Gasteiger partial charge in [-0.3, -0.25) is 0 Å². The number of hydrogen-bond acceptors (Lipinski definition) is 0. The molecule has 0 amide bonds. The van der Waals surface area contributed by atoms with E-state index in [1.807, 2.05) is 36.4 Å². The predicted octanol–water partition coefficient (Wildman–Crippen LogP) is 27.0. The second kappa shape index (κ2) is 37.4. The van der Waals surface area contributed by atoms with Crippen LogP contribution in [0.4, 0.5) is 13.2 Å². The van der Waals surface area contributed by atoms with Gasteiger partial charge in [-0.2, -0.15) is 13.2 Å². The molecule has 15 heteroatoms. The van der Waals surface area contributed by atoms with E-state index in [1.165, 1.54) is 82.2 Å². The smallest absolute Gasteiger partial charge is 0.166 e. The molecule has 1 unspecified atom stereocenters. The van der Waals surface area contributed by atoms with Gasteiger partial charge in [-0.1, -0.05) is 80.9 Å². The molecule has 0 radical (unpaired) electrons. The Bertz CT molecular complexity index is 4100. The largest absolute Gasteiger partial charge is 0.416 e. The van der Waals surface area contributed by atoms with Crippen LogP contribution < -0.4 is 0 Å². The lowest BCUT2D eigenvalue weighted by Gasteiger charge is -2.10. The zero-order valence-electron chi connectivity index (χ0n) is 51.3. The van der Waals surface area contributed by atoms with Crippen LogP contribution in [0, 0.1) is 35.5 Å². The molecule has 0 N–H and O–H groups in total. The molecule has 0 aliphatic carbocycles. The predicted molar refractivity (Wildman–Crippen MR) is 461 cm³/mol. The number of aryl methyl sites for hydroxylation is 2. The van der Waals surface area contributed by atoms with Crippen molar-refractivity contribution in [1.29, 1.82) is 0 Å². The van der Waals surface area contributed by atoms with Crippen LogP contribution in [0.25, 0.3) is 0 Å². The van der Waals surface area contributed by atoms with E-state index < -0.39 is 22.6 Å². The van der Waals surface area contributed by atoms with E-state index in [0.29, 0.717) is 5.92 Å². The van der Waals surface area contributed by atoms with Crippen molar-refractivity contribution >= 4 is 224 Å².